The molecule has 7 rings (SSSR count). The molecular weight excluding hydrogens is 587 g/mol. The zero-order chi connectivity index (χ0) is 31.1. The van der Waals surface area contributed by atoms with E-state index in [0.717, 1.165) is 31.2 Å². The molecule has 4 heterocycles. The van der Waals surface area contributed by atoms with Gasteiger partial charge in [-0.25, -0.2) is 9.18 Å². The van der Waals surface area contributed by atoms with Gasteiger partial charge in [0.2, 0.25) is 17.2 Å². The van der Waals surface area contributed by atoms with E-state index in [4.69, 9.17) is 0 Å². The topological polar surface area (TPSA) is 138 Å². The number of amides is 3. The molecule has 228 valence electrons. The van der Waals surface area contributed by atoms with Crippen LogP contribution in [0.15, 0.2) is 53.5 Å². The van der Waals surface area contributed by atoms with Crippen LogP contribution in [0.1, 0.15) is 79.0 Å². The van der Waals surface area contributed by atoms with E-state index in [0.29, 0.717) is 11.1 Å². The first-order valence-corrected chi connectivity index (χ1v) is 15.6. The van der Waals surface area contributed by atoms with Gasteiger partial charge in [0.1, 0.15) is 34.9 Å². The Bertz CT molecular complexity index is 1810. The molecule has 3 amide bonds. The second-order valence-electron chi connectivity index (χ2n) is 12.5. The lowest BCUT2D eigenvalue weighted by Gasteiger charge is -2.44. The molecule has 12 heteroatoms. The van der Waals surface area contributed by atoms with Crippen LogP contribution in [0.4, 0.5) is 4.39 Å². The van der Waals surface area contributed by atoms with Gasteiger partial charge in [0.15, 0.2) is 0 Å². The molecule has 0 bridgehead atoms. The van der Waals surface area contributed by atoms with Crippen molar-refractivity contribution in [3.8, 4) is 0 Å². The molecule has 1 saturated carbocycles. The zero-order valence-corrected chi connectivity index (χ0v) is 24.9. The average Bonchev–Trinajstić information content (AvgIpc) is 3.46. The van der Waals surface area contributed by atoms with Crippen molar-refractivity contribution in [3.63, 3.8) is 0 Å². The molecule has 44 heavy (non-hydrogen) atoms. The highest BCUT2D eigenvalue weighted by Crippen LogP contribution is 2.51. The van der Waals surface area contributed by atoms with Crippen LogP contribution in [0.5, 0.6) is 0 Å². The number of thioether (sulfide) groups is 1. The maximum Gasteiger partial charge on any atom is 0.327 e. The summed E-state index contributed by atoms with van der Waals surface area (Å²) in [6, 6.07) is 8.14. The van der Waals surface area contributed by atoms with Gasteiger partial charge in [0.05, 0.1) is 10.9 Å². The number of carbonyl (C=O) groups excluding carboxylic acids is 3. The molecule has 0 spiro atoms. The van der Waals surface area contributed by atoms with Crippen LogP contribution in [0, 0.1) is 5.82 Å². The number of halogens is 1. The number of aromatic nitrogens is 1. The Morgan fingerprint density at radius 1 is 1.07 bits per heavy atom. The molecule has 0 radical (unpaired) electrons. The summed E-state index contributed by atoms with van der Waals surface area (Å²) >= 11 is 1.29. The minimum absolute atomic E-state index is 0.0128. The molecule has 4 aliphatic rings. The van der Waals surface area contributed by atoms with Gasteiger partial charge < -0.3 is 25.2 Å². The van der Waals surface area contributed by atoms with Crippen molar-refractivity contribution >= 4 is 46.4 Å². The van der Waals surface area contributed by atoms with Crippen molar-refractivity contribution in [2.24, 2.45) is 0 Å². The molecule has 1 aliphatic carbocycles. The highest BCUT2D eigenvalue weighted by molar-refractivity contribution is 8.01. The first-order chi connectivity index (χ1) is 21.0. The van der Waals surface area contributed by atoms with E-state index in [-0.39, 0.29) is 22.9 Å². The number of rotatable bonds is 6. The van der Waals surface area contributed by atoms with Gasteiger partial charge in [-0.2, -0.15) is 0 Å². The smallest absolute Gasteiger partial charge is 0.327 e. The van der Waals surface area contributed by atoms with Crippen LogP contribution in [0.25, 0.3) is 10.9 Å². The predicted octanol–water partition coefficient (Wildman–Crippen LogP) is 3.46. The minimum atomic E-state index is -1.28. The fourth-order valence-electron chi connectivity index (χ4n) is 7.54. The number of pyridine rings is 1. The molecule has 6 unspecified atom stereocenters. The number of hydrogen-bond acceptors (Lipinski definition) is 6. The van der Waals surface area contributed by atoms with E-state index in [1.54, 1.807) is 50.2 Å². The minimum Gasteiger partial charge on any atom is -0.480 e. The zero-order valence-electron chi connectivity index (χ0n) is 24.1. The first-order valence-electron chi connectivity index (χ1n) is 14.8. The van der Waals surface area contributed by atoms with Crippen LogP contribution in [-0.4, -0.2) is 60.5 Å². The molecular formula is C32H31FN4O6S. The van der Waals surface area contributed by atoms with E-state index in [1.165, 1.54) is 28.9 Å². The Balaban J connectivity index is 1.20. The van der Waals surface area contributed by atoms with E-state index >= 15 is 4.39 Å². The summed E-state index contributed by atoms with van der Waals surface area (Å²) < 4.78 is 16.3. The van der Waals surface area contributed by atoms with Gasteiger partial charge in [0.25, 0.3) is 5.91 Å². The van der Waals surface area contributed by atoms with Crippen LogP contribution in [-0.2, 0) is 14.4 Å². The monoisotopic (exact) mass is 618 g/mol. The first kappa shape index (κ1) is 28.6. The van der Waals surface area contributed by atoms with Crippen molar-refractivity contribution in [3.05, 3.63) is 81.4 Å². The van der Waals surface area contributed by atoms with Crippen molar-refractivity contribution in [1.82, 2.24) is 20.1 Å². The Labute approximate surface area is 256 Å². The Hall–Kier alpha value is -4.19. The van der Waals surface area contributed by atoms with Gasteiger partial charge in [-0.3, -0.25) is 19.2 Å². The number of nitrogens with one attached hydrogen (secondary N) is 2. The highest BCUT2D eigenvalue weighted by Gasteiger charge is 2.64. The summed E-state index contributed by atoms with van der Waals surface area (Å²) in [5.41, 5.74) is 0.862. The molecule has 3 aliphatic heterocycles. The number of aliphatic carboxylic acids is 1. The van der Waals surface area contributed by atoms with Crippen molar-refractivity contribution in [1.29, 1.82) is 0 Å². The van der Waals surface area contributed by atoms with Crippen molar-refractivity contribution in [2.75, 3.05) is 0 Å². The van der Waals surface area contributed by atoms with Gasteiger partial charge in [-0.1, -0.05) is 49.2 Å². The average molecular weight is 619 g/mol. The Kier molecular flexibility index (Phi) is 6.61. The number of benzene rings is 2. The predicted molar refractivity (Wildman–Crippen MR) is 161 cm³/mol. The third kappa shape index (κ3) is 4.17. The molecule has 3 aromatic rings. The maximum absolute atomic E-state index is 15.2. The fraction of sp³-hybridized carbons (Fsp3) is 0.406. The van der Waals surface area contributed by atoms with Crippen LogP contribution >= 0.6 is 11.8 Å². The maximum atomic E-state index is 15.2. The quantitative estimate of drug-likeness (QED) is 0.360. The second kappa shape index (κ2) is 10.2. The Morgan fingerprint density at radius 2 is 1.80 bits per heavy atom. The largest absolute Gasteiger partial charge is 0.480 e. The third-order valence-electron chi connectivity index (χ3n) is 9.53. The van der Waals surface area contributed by atoms with Gasteiger partial charge in [0, 0.05) is 22.9 Å². The van der Waals surface area contributed by atoms with Crippen molar-refractivity contribution in [2.45, 2.75) is 79.7 Å². The van der Waals surface area contributed by atoms with Gasteiger partial charge in [-0.15, -0.1) is 11.8 Å². The number of nitrogens with zero attached hydrogens (tertiary/aromatic N) is 2. The summed E-state index contributed by atoms with van der Waals surface area (Å²) in [5.74, 6) is -3.71. The SMILES string of the molecule is CC1(C)SC2C(NC(=O)C(NC(=O)c3cn4c5c(ccc(F)c5c3=O)C3CCCCC34)c3ccccc3)C(=O)N2C1C(=O)O. The third-order valence-corrected chi connectivity index (χ3v) is 11.1. The molecule has 3 N–H and O–H groups in total. The lowest BCUT2D eigenvalue weighted by molar-refractivity contribution is -0.161. The lowest BCUT2D eigenvalue weighted by Crippen LogP contribution is -2.71. The number of hydrogen-bond donors (Lipinski definition) is 3. The van der Waals surface area contributed by atoms with Gasteiger partial charge >= 0.3 is 5.97 Å². The number of β-lactam (4-membered cyclic amide) rings is 1. The summed E-state index contributed by atoms with van der Waals surface area (Å²) in [7, 11) is 0. The number of fused-ring (bicyclic) bond motifs is 4. The second-order valence-corrected chi connectivity index (χ2v) is 14.3. The Morgan fingerprint density at radius 3 is 2.52 bits per heavy atom. The number of carbonyl (C=O) groups is 4. The lowest BCUT2D eigenvalue weighted by atomic mass is 9.82. The van der Waals surface area contributed by atoms with Crippen molar-refractivity contribution < 1.29 is 28.7 Å². The fourth-order valence-corrected chi connectivity index (χ4v) is 9.17. The summed E-state index contributed by atoms with van der Waals surface area (Å²) in [5, 5.41) is 14.4. The molecule has 1 aromatic heterocycles. The summed E-state index contributed by atoms with van der Waals surface area (Å²) in [6.07, 6.45) is 5.29. The van der Waals surface area contributed by atoms with E-state index in [2.05, 4.69) is 10.6 Å². The molecule has 3 fully saturated rings. The highest BCUT2D eigenvalue weighted by atomic mass is 32.2. The summed E-state index contributed by atoms with van der Waals surface area (Å²) in [4.78, 5) is 67.4. The van der Waals surface area contributed by atoms with Crippen LogP contribution < -0.4 is 16.1 Å². The molecule has 2 aromatic carbocycles. The summed E-state index contributed by atoms with van der Waals surface area (Å²) in [6.45, 7) is 3.48. The van der Waals surface area contributed by atoms with Crippen LogP contribution in [0.2, 0.25) is 0 Å². The van der Waals surface area contributed by atoms with E-state index < -0.39 is 63.2 Å². The van der Waals surface area contributed by atoms with Crippen LogP contribution in [0.3, 0.4) is 0 Å². The molecule has 2 saturated heterocycles. The molecule has 10 nitrogen and oxygen atoms in total. The van der Waals surface area contributed by atoms with Gasteiger partial charge in [-0.05, 0) is 43.9 Å². The van der Waals surface area contributed by atoms with E-state index in [1.807, 2.05) is 4.57 Å². The number of carboxylic acids is 1. The van der Waals surface area contributed by atoms with E-state index in [9.17, 15) is 29.1 Å². The normalized spacial score (nSPS) is 26.8. The number of carboxylic acid groups (broad SMARTS) is 1. The standard InChI is InChI=1S/C32H31FN4O6S/c1-32(2)26(31(42)43)37-29(41)23(30(37)44-32)35-28(40)22(15-8-4-3-5-9-15)34-27(39)18-14-36-20-11-7-6-10-16(20)17-12-13-19(33)21(24(17)36)25(18)38/h3-5,8-9,12-14,16,20,22-23,26,30H,6-7,10-11H2,1-2H3,(H,34,39)(H,35,40)(H,42,43). The molecule has 6 atom stereocenters.